The molecule has 0 bridgehead atoms. The number of benzene rings is 1. The highest BCUT2D eigenvalue weighted by Gasteiger charge is 2.23. The Hall–Kier alpha value is -3.68. The molecular weight excluding hydrogens is 356 g/mol. The first-order chi connectivity index (χ1) is 13.3. The number of hydrogen-bond donors (Lipinski definition) is 3. The zero-order chi connectivity index (χ0) is 19.9. The third-order valence-corrected chi connectivity index (χ3v) is 4.42. The molecule has 1 saturated heterocycles. The number of imide groups is 1. The van der Waals surface area contributed by atoms with Crippen LogP contribution in [0.2, 0.25) is 0 Å². The molecule has 1 fully saturated rings. The highest BCUT2D eigenvalue weighted by molar-refractivity contribution is 6.14. The molecule has 1 aliphatic rings. The molecule has 1 aromatic carbocycles. The normalized spacial score (nSPS) is 15.8. The van der Waals surface area contributed by atoms with E-state index in [9.17, 15) is 9.59 Å². The Morgan fingerprint density at radius 2 is 1.96 bits per heavy atom. The lowest BCUT2D eigenvalue weighted by Gasteiger charge is -2.20. The SMILES string of the molecule is CC(C)(C)c1cccc(Nc2ccn3ncc(/C=C4/NC(=O)NC4=O)c3n2)c1. The summed E-state index contributed by atoms with van der Waals surface area (Å²) < 4.78 is 1.61. The van der Waals surface area contributed by atoms with E-state index in [4.69, 9.17) is 0 Å². The van der Waals surface area contributed by atoms with E-state index in [-0.39, 0.29) is 11.1 Å². The van der Waals surface area contributed by atoms with Crippen LogP contribution < -0.4 is 16.0 Å². The molecule has 142 valence electrons. The Kier molecular flexibility index (Phi) is 4.11. The fourth-order valence-electron chi connectivity index (χ4n) is 2.91. The van der Waals surface area contributed by atoms with Gasteiger partial charge in [-0.2, -0.15) is 5.10 Å². The van der Waals surface area contributed by atoms with Crippen LogP contribution in [0, 0.1) is 0 Å². The van der Waals surface area contributed by atoms with Crippen LogP contribution in [0.5, 0.6) is 0 Å². The molecule has 0 aliphatic carbocycles. The Morgan fingerprint density at radius 1 is 1.14 bits per heavy atom. The molecule has 8 heteroatoms. The van der Waals surface area contributed by atoms with E-state index >= 15 is 0 Å². The summed E-state index contributed by atoms with van der Waals surface area (Å²) in [5, 5.41) is 12.2. The van der Waals surface area contributed by atoms with Crippen LogP contribution in [0.1, 0.15) is 31.9 Å². The number of carbonyl (C=O) groups is 2. The number of amides is 3. The second-order valence-corrected chi connectivity index (χ2v) is 7.60. The third-order valence-electron chi connectivity index (χ3n) is 4.42. The summed E-state index contributed by atoms with van der Waals surface area (Å²) in [4.78, 5) is 27.6. The predicted octanol–water partition coefficient (Wildman–Crippen LogP) is 2.95. The van der Waals surface area contributed by atoms with Crippen LogP contribution >= 0.6 is 0 Å². The fraction of sp³-hybridized carbons (Fsp3) is 0.200. The zero-order valence-electron chi connectivity index (χ0n) is 15.8. The summed E-state index contributed by atoms with van der Waals surface area (Å²) in [5.41, 5.74) is 3.56. The first kappa shape index (κ1) is 17.7. The molecule has 28 heavy (non-hydrogen) atoms. The van der Waals surface area contributed by atoms with Crippen molar-refractivity contribution in [3.8, 4) is 0 Å². The van der Waals surface area contributed by atoms with Gasteiger partial charge in [-0.05, 0) is 35.3 Å². The van der Waals surface area contributed by atoms with Gasteiger partial charge >= 0.3 is 6.03 Å². The number of nitrogens with zero attached hydrogens (tertiary/aromatic N) is 3. The zero-order valence-corrected chi connectivity index (χ0v) is 15.8. The largest absolute Gasteiger partial charge is 0.340 e. The van der Waals surface area contributed by atoms with E-state index < -0.39 is 11.9 Å². The van der Waals surface area contributed by atoms with E-state index in [0.29, 0.717) is 17.0 Å². The molecule has 3 N–H and O–H groups in total. The summed E-state index contributed by atoms with van der Waals surface area (Å²) in [6.07, 6.45) is 4.93. The van der Waals surface area contributed by atoms with E-state index in [1.807, 2.05) is 18.2 Å². The molecule has 3 aromatic rings. The lowest BCUT2D eigenvalue weighted by atomic mass is 9.87. The second-order valence-electron chi connectivity index (χ2n) is 7.60. The summed E-state index contributed by atoms with van der Waals surface area (Å²) in [7, 11) is 0. The minimum atomic E-state index is -0.540. The lowest BCUT2D eigenvalue weighted by molar-refractivity contribution is -0.115. The number of anilines is 2. The summed E-state index contributed by atoms with van der Waals surface area (Å²) in [6.45, 7) is 6.50. The van der Waals surface area contributed by atoms with Crippen molar-refractivity contribution in [1.29, 1.82) is 0 Å². The van der Waals surface area contributed by atoms with Gasteiger partial charge in [0.05, 0.1) is 6.20 Å². The first-order valence-electron chi connectivity index (χ1n) is 8.85. The Labute approximate surface area is 161 Å². The molecule has 3 amide bonds. The molecule has 1 aliphatic heterocycles. The summed E-state index contributed by atoms with van der Waals surface area (Å²) >= 11 is 0. The standard InChI is InChI=1S/C20H20N6O2/c1-20(2,3)13-5-4-6-14(10-13)22-16-7-8-26-17(24-16)12(11-21-26)9-15-18(27)25-19(28)23-15/h4-11H,1-3H3,(H,22,24)(H2,23,25,27,28)/b15-9+. The maximum Gasteiger partial charge on any atom is 0.326 e. The molecule has 0 saturated carbocycles. The van der Waals surface area contributed by atoms with Crippen molar-refractivity contribution in [2.75, 3.05) is 5.32 Å². The minimum absolute atomic E-state index is 0.0478. The number of carbonyl (C=O) groups excluding carboxylic acids is 2. The number of aromatic nitrogens is 3. The van der Waals surface area contributed by atoms with Gasteiger partial charge in [0.2, 0.25) is 0 Å². The van der Waals surface area contributed by atoms with Crippen LogP contribution in [-0.4, -0.2) is 26.5 Å². The van der Waals surface area contributed by atoms with Gasteiger partial charge in [0.15, 0.2) is 5.65 Å². The molecule has 4 rings (SSSR count). The third kappa shape index (κ3) is 3.44. The van der Waals surface area contributed by atoms with Crippen LogP contribution in [0.3, 0.4) is 0 Å². The predicted molar refractivity (Wildman–Crippen MR) is 106 cm³/mol. The van der Waals surface area contributed by atoms with Gasteiger partial charge in [0, 0.05) is 17.4 Å². The van der Waals surface area contributed by atoms with Gasteiger partial charge in [0.25, 0.3) is 5.91 Å². The molecule has 0 radical (unpaired) electrons. The van der Waals surface area contributed by atoms with E-state index in [1.165, 1.54) is 5.56 Å². The van der Waals surface area contributed by atoms with Crippen molar-refractivity contribution in [1.82, 2.24) is 25.2 Å². The van der Waals surface area contributed by atoms with Crippen molar-refractivity contribution in [2.24, 2.45) is 0 Å². The van der Waals surface area contributed by atoms with Crippen LogP contribution in [0.25, 0.3) is 11.7 Å². The van der Waals surface area contributed by atoms with Crippen LogP contribution in [-0.2, 0) is 10.2 Å². The van der Waals surface area contributed by atoms with Crippen molar-refractivity contribution in [3.63, 3.8) is 0 Å². The fourth-order valence-corrected chi connectivity index (χ4v) is 2.91. The van der Waals surface area contributed by atoms with Crippen LogP contribution in [0.15, 0.2) is 48.4 Å². The number of nitrogens with one attached hydrogen (secondary N) is 3. The van der Waals surface area contributed by atoms with Crippen molar-refractivity contribution >= 4 is 35.2 Å². The van der Waals surface area contributed by atoms with Crippen molar-refractivity contribution in [3.05, 3.63) is 59.5 Å². The maximum atomic E-state index is 11.7. The topological polar surface area (TPSA) is 100 Å². The molecule has 0 unspecified atom stereocenters. The minimum Gasteiger partial charge on any atom is -0.340 e. The van der Waals surface area contributed by atoms with Crippen molar-refractivity contribution < 1.29 is 9.59 Å². The average molecular weight is 376 g/mol. The number of rotatable bonds is 3. The van der Waals surface area contributed by atoms with Gasteiger partial charge in [-0.15, -0.1) is 0 Å². The number of fused-ring (bicyclic) bond motifs is 1. The van der Waals surface area contributed by atoms with E-state index in [2.05, 4.69) is 58.9 Å². The Balaban J connectivity index is 1.66. The molecule has 3 heterocycles. The molecule has 0 atom stereocenters. The Morgan fingerprint density at radius 3 is 2.68 bits per heavy atom. The Bertz CT molecular complexity index is 1120. The van der Waals surface area contributed by atoms with Gasteiger partial charge in [-0.1, -0.05) is 32.9 Å². The molecule has 2 aromatic heterocycles. The summed E-state index contributed by atoms with van der Waals surface area (Å²) in [6, 6.07) is 9.48. The van der Waals surface area contributed by atoms with Gasteiger partial charge in [0.1, 0.15) is 11.5 Å². The van der Waals surface area contributed by atoms with Crippen molar-refractivity contribution in [2.45, 2.75) is 26.2 Å². The first-order valence-corrected chi connectivity index (χ1v) is 8.85. The van der Waals surface area contributed by atoms with Gasteiger partial charge < -0.3 is 10.6 Å². The lowest BCUT2D eigenvalue weighted by Crippen LogP contribution is -2.22. The molecule has 0 spiro atoms. The highest BCUT2D eigenvalue weighted by atomic mass is 16.2. The smallest absolute Gasteiger partial charge is 0.326 e. The van der Waals surface area contributed by atoms with E-state index in [1.54, 1.807) is 23.0 Å². The van der Waals surface area contributed by atoms with Gasteiger partial charge in [-0.3, -0.25) is 10.1 Å². The highest BCUT2D eigenvalue weighted by Crippen LogP contribution is 2.26. The molecule has 8 nitrogen and oxygen atoms in total. The summed E-state index contributed by atoms with van der Waals surface area (Å²) in [5.74, 6) is 0.177. The monoisotopic (exact) mass is 376 g/mol. The van der Waals surface area contributed by atoms with Gasteiger partial charge in [-0.25, -0.2) is 14.3 Å². The quantitative estimate of drug-likeness (QED) is 0.482. The number of hydrogen-bond acceptors (Lipinski definition) is 5. The number of urea groups is 1. The average Bonchev–Trinajstić information content (AvgIpc) is 3.17. The second kappa shape index (κ2) is 6.49. The maximum absolute atomic E-state index is 11.7. The van der Waals surface area contributed by atoms with E-state index in [0.717, 1.165) is 5.69 Å². The van der Waals surface area contributed by atoms with Crippen LogP contribution in [0.4, 0.5) is 16.3 Å². The molecular formula is C20H20N6O2.